The van der Waals surface area contributed by atoms with Gasteiger partial charge in [-0.1, -0.05) is 6.92 Å². The Labute approximate surface area is 158 Å². The van der Waals surface area contributed by atoms with Gasteiger partial charge in [0.2, 0.25) is 10.0 Å². The summed E-state index contributed by atoms with van der Waals surface area (Å²) in [7, 11) is -7.61. The van der Waals surface area contributed by atoms with Crippen LogP contribution in [0, 0.1) is 0 Å². The summed E-state index contributed by atoms with van der Waals surface area (Å²) in [6, 6.07) is 1.19. The van der Waals surface area contributed by atoms with Gasteiger partial charge in [0.15, 0.2) is 0 Å². The van der Waals surface area contributed by atoms with Gasteiger partial charge in [0.25, 0.3) is 10.0 Å². The molecule has 2 rings (SSSR count). The fraction of sp³-hybridized carbons (Fsp3) is 0.714. The largest absolute Gasteiger partial charge is 0.309 e. The first-order valence-electron chi connectivity index (χ1n) is 8.10. The second-order valence-corrected chi connectivity index (χ2v) is 11.9. The van der Waals surface area contributed by atoms with Crippen LogP contribution in [-0.4, -0.2) is 52.8 Å². The monoisotopic (exact) mass is 427 g/mol. The topological polar surface area (TPSA) is 110 Å². The van der Waals surface area contributed by atoms with E-state index >= 15 is 0 Å². The first-order chi connectivity index (χ1) is 11.7. The minimum atomic E-state index is -3.93. The van der Waals surface area contributed by atoms with Gasteiger partial charge in [-0.05, 0) is 43.9 Å². The van der Waals surface area contributed by atoms with Crippen LogP contribution in [0.4, 0.5) is 0 Å². The molecular formula is C14H25N3O4S4. The third-order valence-electron chi connectivity index (χ3n) is 3.97. The fourth-order valence-electron chi connectivity index (χ4n) is 2.71. The summed E-state index contributed by atoms with van der Waals surface area (Å²) in [6.45, 7) is 3.51. The maximum Gasteiger partial charge on any atom is 0.252 e. The van der Waals surface area contributed by atoms with E-state index in [1.807, 2.05) is 13.2 Å². The number of fused-ring (bicyclic) bond motifs is 1. The number of unbranched alkanes of at least 4 members (excludes halogenated alkanes) is 1. The molecule has 0 aromatic carbocycles. The van der Waals surface area contributed by atoms with Crippen molar-refractivity contribution in [3.63, 3.8) is 0 Å². The lowest BCUT2D eigenvalue weighted by atomic mass is 10.1. The van der Waals surface area contributed by atoms with Gasteiger partial charge in [-0.15, -0.1) is 11.3 Å². The van der Waals surface area contributed by atoms with Gasteiger partial charge in [-0.25, -0.2) is 22.0 Å². The number of nitrogens with zero attached hydrogens (tertiary/aromatic N) is 1. The molecular weight excluding hydrogens is 402 g/mol. The van der Waals surface area contributed by atoms with Crippen molar-refractivity contribution in [3.8, 4) is 0 Å². The molecule has 7 nitrogen and oxygen atoms in total. The number of thiophene rings is 1. The van der Waals surface area contributed by atoms with Crippen molar-refractivity contribution in [1.82, 2.24) is 9.62 Å². The number of primary sulfonamides is 1. The van der Waals surface area contributed by atoms with Crippen LogP contribution < -0.4 is 10.5 Å². The molecule has 0 saturated heterocycles. The highest BCUT2D eigenvalue weighted by molar-refractivity contribution is 7.98. The Morgan fingerprint density at radius 2 is 2.16 bits per heavy atom. The average Bonchev–Trinajstić information content (AvgIpc) is 2.99. The molecule has 1 unspecified atom stereocenters. The number of nitrogens with two attached hydrogens (primary N) is 1. The summed E-state index contributed by atoms with van der Waals surface area (Å²) in [5, 5.41) is 8.53. The van der Waals surface area contributed by atoms with E-state index in [9.17, 15) is 16.8 Å². The van der Waals surface area contributed by atoms with E-state index in [1.54, 1.807) is 11.8 Å². The quantitative estimate of drug-likeness (QED) is 0.579. The van der Waals surface area contributed by atoms with E-state index in [0.717, 1.165) is 42.9 Å². The van der Waals surface area contributed by atoms with Crippen LogP contribution in [0.5, 0.6) is 0 Å². The molecule has 1 aromatic heterocycles. The number of hydrogen-bond donors (Lipinski definition) is 2. The summed E-state index contributed by atoms with van der Waals surface area (Å²) < 4.78 is 50.6. The highest BCUT2D eigenvalue weighted by atomic mass is 32.3. The van der Waals surface area contributed by atoms with E-state index in [-0.39, 0.29) is 14.5 Å². The number of sulfonamides is 2. The first-order valence-corrected chi connectivity index (χ1v) is 13.3. The van der Waals surface area contributed by atoms with Gasteiger partial charge in [0.05, 0.1) is 0 Å². The zero-order valence-electron chi connectivity index (χ0n) is 14.4. The molecule has 1 aromatic rings. The molecule has 1 atom stereocenters. The number of hydrogen-bond acceptors (Lipinski definition) is 7. The summed E-state index contributed by atoms with van der Waals surface area (Å²) in [5.74, 6) is 0.991. The summed E-state index contributed by atoms with van der Waals surface area (Å²) >= 11 is 2.48. The van der Waals surface area contributed by atoms with Gasteiger partial charge in [-0.3, -0.25) is 0 Å². The molecule has 0 radical (unpaired) electrons. The van der Waals surface area contributed by atoms with E-state index in [4.69, 9.17) is 5.14 Å². The van der Waals surface area contributed by atoms with Crippen LogP contribution in [0.2, 0.25) is 0 Å². The Balaban J connectivity index is 2.35. The molecule has 3 N–H and O–H groups in total. The molecule has 1 aliphatic rings. The zero-order chi connectivity index (χ0) is 18.7. The van der Waals surface area contributed by atoms with Gasteiger partial charge in [-0.2, -0.15) is 16.1 Å². The van der Waals surface area contributed by atoms with Crippen molar-refractivity contribution >= 4 is 43.1 Å². The Kier molecular flexibility index (Phi) is 7.34. The SMILES string of the molecule is CCCNC1CN(CCCCSC)S(=O)(=O)c2sc(S(N)(=O)=O)cc21. The predicted molar refractivity (Wildman–Crippen MR) is 103 cm³/mol. The smallest absolute Gasteiger partial charge is 0.252 e. The lowest BCUT2D eigenvalue weighted by molar-refractivity contribution is 0.337. The van der Waals surface area contributed by atoms with E-state index < -0.39 is 20.0 Å². The Hall–Kier alpha value is -0.170. The molecule has 11 heteroatoms. The molecule has 0 fully saturated rings. The minimum absolute atomic E-state index is 0.0984. The molecule has 2 heterocycles. The van der Waals surface area contributed by atoms with E-state index in [2.05, 4.69) is 5.32 Å². The molecule has 1 aliphatic heterocycles. The van der Waals surface area contributed by atoms with E-state index in [1.165, 1.54) is 10.4 Å². The van der Waals surface area contributed by atoms with Gasteiger partial charge in [0, 0.05) is 24.7 Å². The standard InChI is InChI=1S/C14H25N3O4S4/c1-3-6-16-12-10-17(7-4-5-8-22-2)25(20,21)14-11(12)9-13(23-14)24(15,18)19/h9,12,16H,3-8,10H2,1-2H3,(H2,15,18,19). The number of thioether (sulfide) groups is 1. The van der Waals surface area contributed by atoms with Gasteiger partial charge < -0.3 is 5.32 Å². The lowest BCUT2D eigenvalue weighted by Crippen LogP contribution is -2.43. The minimum Gasteiger partial charge on any atom is -0.309 e. The van der Waals surface area contributed by atoms with Crippen LogP contribution in [0.1, 0.15) is 37.8 Å². The van der Waals surface area contributed by atoms with Crippen LogP contribution in [-0.2, 0) is 20.0 Å². The molecule has 25 heavy (non-hydrogen) atoms. The summed E-state index contributed by atoms with van der Waals surface area (Å²) in [6.07, 6.45) is 4.65. The van der Waals surface area contributed by atoms with Crippen molar-refractivity contribution in [2.24, 2.45) is 5.14 Å². The van der Waals surface area contributed by atoms with Crippen LogP contribution in [0.25, 0.3) is 0 Å². The highest BCUT2D eigenvalue weighted by Crippen LogP contribution is 2.39. The molecule has 0 amide bonds. The Bertz CT molecular complexity index is 789. The Morgan fingerprint density at radius 3 is 2.76 bits per heavy atom. The summed E-state index contributed by atoms with van der Waals surface area (Å²) in [4.78, 5) is 0. The average molecular weight is 428 g/mol. The van der Waals surface area contributed by atoms with Crippen LogP contribution in [0.15, 0.2) is 14.5 Å². The number of nitrogens with one attached hydrogen (secondary N) is 1. The maximum absolute atomic E-state index is 12.9. The third kappa shape index (κ3) is 4.96. The van der Waals surface area contributed by atoms with Gasteiger partial charge >= 0.3 is 0 Å². The molecule has 0 saturated carbocycles. The van der Waals surface area contributed by atoms with Crippen molar-refractivity contribution in [3.05, 3.63) is 11.6 Å². The number of rotatable bonds is 9. The van der Waals surface area contributed by atoms with Crippen molar-refractivity contribution in [2.75, 3.05) is 31.6 Å². The Morgan fingerprint density at radius 1 is 1.44 bits per heavy atom. The lowest BCUT2D eigenvalue weighted by Gasteiger charge is -2.32. The normalized spacial score (nSPS) is 20.5. The van der Waals surface area contributed by atoms with Crippen molar-refractivity contribution < 1.29 is 16.8 Å². The maximum atomic E-state index is 12.9. The second kappa shape index (κ2) is 8.68. The fourth-order valence-corrected chi connectivity index (χ4v) is 7.51. The molecule has 144 valence electrons. The van der Waals surface area contributed by atoms with Crippen molar-refractivity contribution in [2.45, 2.75) is 40.6 Å². The zero-order valence-corrected chi connectivity index (χ0v) is 17.7. The summed E-state index contributed by atoms with van der Waals surface area (Å²) in [5.41, 5.74) is 0.517. The molecule has 0 spiro atoms. The second-order valence-electron chi connectivity index (χ2n) is 5.92. The molecule has 0 aliphatic carbocycles. The van der Waals surface area contributed by atoms with Crippen LogP contribution >= 0.6 is 23.1 Å². The van der Waals surface area contributed by atoms with E-state index in [0.29, 0.717) is 18.7 Å². The highest BCUT2D eigenvalue weighted by Gasteiger charge is 2.39. The van der Waals surface area contributed by atoms with Crippen molar-refractivity contribution in [1.29, 1.82) is 0 Å². The first kappa shape index (κ1) is 21.1. The molecule has 0 bridgehead atoms. The van der Waals surface area contributed by atoms with Gasteiger partial charge in [0.1, 0.15) is 8.42 Å². The predicted octanol–water partition coefficient (Wildman–Crippen LogP) is 1.58. The third-order valence-corrected chi connectivity index (χ3v) is 9.63. The van der Waals surface area contributed by atoms with Crippen LogP contribution in [0.3, 0.4) is 0 Å².